The molecule has 0 bridgehead atoms. The Hall–Kier alpha value is -3.04. The summed E-state index contributed by atoms with van der Waals surface area (Å²) in [5.41, 5.74) is -0.434. The minimum atomic E-state index is -7.82. The minimum absolute atomic E-state index is 0.00293. The number of benzene rings is 2. The van der Waals surface area contributed by atoms with Crippen LogP contribution >= 0.6 is 11.6 Å². The summed E-state index contributed by atoms with van der Waals surface area (Å²) in [6, 6.07) is 7.48. The minimum Gasteiger partial charge on any atom is -0.494 e. The van der Waals surface area contributed by atoms with E-state index in [0.29, 0.717) is 30.6 Å². The van der Waals surface area contributed by atoms with Crippen LogP contribution in [0.4, 0.5) is 52.7 Å². The van der Waals surface area contributed by atoms with E-state index in [-0.39, 0.29) is 5.75 Å². The Morgan fingerprint density at radius 2 is 1.24 bits per heavy atom. The van der Waals surface area contributed by atoms with E-state index >= 15 is 0 Å². The van der Waals surface area contributed by atoms with Gasteiger partial charge in [0.15, 0.2) is 0 Å². The molecular weight excluding hydrogens is 676 g/mol. The maximum absolute atomic E-state index is 14.0. The maximum atomic E-state index is 14.0. The van der Waals surface area contributed by atoms with Crippen LogP contribution in [0.1, 0.15) is 68.6 Å². The molecule has 0 amide bonds. The standard InChI is InChI=1S/C29H29ClF12O4/c1-2-3-4-5-6-7-8-9-16-44-19-11-13-20(14-12-19)45-23(43)18-10-15-22(21(30)17-18)46-24(31)25(32,33)26(34,35)27(36,37)28(38,39)29(40,41)42/h10-15,17,24H,2-9,16H2,1H3. The van der Waals surface area contributed by atoms with E-state index in [9.17, 15) is 57.5 Å². The van der Waals surface area contributed by atoms with Crippen LogP contribution in [0, 0.1) is 0 Å². The van der Waals surface area contributed by atoms with Gasteiger partial charge in [-0.15, -0.1) is 0 Å². The largest absolute Gasteiger partial charge is 0.494 e. The van der Waals surface area contributed by atoms with E-state index < -0.39 is 58.5 Å². The van der Waals surface area contributed by atoms with E-state index in [0.717, 1.165) is 25.7 Å². The van der Waals surface area contributed by atoms with Gasteiger partial charge in [0.2, 0.25) is 0 Å². The molecule has 2 aromatic carbocycles. The van der Waals surface area contributed by atoms with E-state index in [1.165, 1.54) is 49.9 Å². The molecule has 2 rings (SSSR count). The van der Waals surface area contributed by atoms with E-state index in [4.69, 9.17) is 21.1 Å². The number of carbonyl (C=O) groups is 1. The number of rotatable bonds is 18. The lowest BCUT2D eigenvalue weighted by atomic mass is 9.98. The highest BCUT2D eigenvalue weighted by molar-refractivity contribution is 6.32. The van der Waals surface area contributed by atoms with Crippen molar-refractivity contribution < 1.29 is 71.7 Å². The predicted octanol–water partition coefficient (Wildman–Crippen LogP) is 10.9. The average molecular weight is 705 g/mol. The van der Waals surface area contributed by atoms with Crippen molar-refractivity contribution in [2.45, 2.75) is 94.5 Å². The molecule has 0 radical (unpaired) electrons. The predicted molar refractivity (Wildman–Crippen MR) is 142 cm³/mol. The second kappa shape index (κ2) is 15.7. The van der Waals surface area contributed by atoms with Crippen molar-refractivity contribution in [2.24, 2.45) is 0 Å². The Balaban J connectivity index is 1.98. The molecule has 1 atom stereocenters. The molecular formula is C29H29ClF12O4. The number of hydrogen-bond acceptors (Lipinski definition) is 4. The van der Waals surface area contributed by atoms with Crippen LogP contribution in [-0.4, -0.2) is 48.8 Å². The zero-order chi connectivity index (χ0) is 35.0. The second-order valence-electron chi connectivity index (χ2n) is 10.1. The smallest absolute Gasteiger partial charge is 0.460 e. The lowest BCUT2D eigenvalue weighted by Crippen LogP contribution is -2.68. The van der Waals surface area contributed by atoms with Crippen molar-refractivity contribution in [2.75, 3.05) is 6.61 Å². The first-order valence-electron chi connectivity index (χ1n) is 13.8. The van der Waals surface area contributed by atoms with Crippen molar-refractivity contribution in [3.63, 3.8) is 0 Å². The Morgan fingerprint density at radius 3 is 1.76 bits per heavy atom. The van der Waals surface area contributed by atoms with Gasteiger partial charge < -0.3 is 14.2 Å². The van der Waals surface area contributed by atoms with Crippen LogP contribution in [0.25, 0.3) is 0 Å². The summed E-state index contributed by atoms with van der Waals surface area (Å²) in [6.45, 7) is 2.61. The first-order chi connectivity index (χ1) is 21.2. The van der Waals surface area contributed by atoms with Crippen molar-refractivity contribution in [3.8, 4) is 17.2 Å². The second-order valence-corrected chi connectivity index (χ2v) is 10.5. The molecule has 0 aromatic heterocycles. The number of unbranched alkanes of at least 4 members (excludes halogenated alkanes) is 7. The Kier molecular flexibility index (Phi) is 13.4. The van der Waals surface area contributed by atoms with Gasteiger partial charge in [-0.05, 0) is 48.9 Å². The lowest BCUT2D eigenvalue weighted by Gasteiger charge is -2.37. The number of ether oxygens (including phenoxy) is 3. The zero-order valence-corrected chi connectivity index (χ0v) is 24.8. The zero-order valence-electron chi connectivity index (χ0n) is 24.0. The van der Waals surface area contributed by atoms with Gasteiger partial charge in [-0.2, -0.15) is 52.7 Å². The van der Waals surface area contributed by atoms with Gasteiger partial charge in [-0.1, -0.05) is 63.5 Å². The van der Waals surface area contributed by atoms with E-state index in [1.807, 2.05) is 0 Å². The summed E-state index contributed by atoms with van der Waals surface area (Å²) in [7, 11) is 0. The van der Waals surface area contributed by atoms with Gasteiger partial charge >= 0.3 is 42.2 Å². The third-order valence-electron chi connectivity index (χ3n) is 6.55. The highest BCUT2D eigenvalue weighted by Crippen LogP contribution is 2.58. The molecule has 46 heavy (non-hydrogen) atoms. The summed E-state index contributed by atoms with van der Waals surface area (Å²) in [5.74, 6) is -32.0. The van der Waals surface area contributed by atoms with Crippen molar-refractivity contribution in [1.82, 2.24) is 0 Å². The van der Waals surface area contributed by atoms with E-state index in [1.54, 1.807) is 0 Å². The highest BCUT2D eigenvalue weighted by atomic mass is 35.5. The molecule has 0 saturated carbocycles. The third kappa shape index (κ3) is 9.06. The normalized spacial score (nSPS) is 13.8. The number of halogens is 13. The maximum Gasteiger partial charge on any atom is 0.460 e. The van der Waals surface area contributed by atoms with Gasteiger partial charge in [-0.3, -0.25) is 0 Å². The number of esters is 1. The average Bonchev–Trinajstić information content (AvgIpc) is 2.97. The molecule has 0 N–H and O–H groups in total. The lowest BCUT2D eigenvalue weighted by molar-refractivity contribution is -0.432. The molecule has 4 nitrogen and oxygen atoms in total. The molecule has 0 aliphatic carbocycles. The van der Waals surface area contributed by atoms with Gasteiger partial charge in [0.25, 0.3) is 0 Å². The Bertz CT molecular complexity index is 1270. The third-order valence-corrected chi connectivity index (χ3v) is 6.84. The highest BCUT2D eigenvalue weighted by Gasteiger charge is 2.88. The molecule has 0 aliphatic rings. The molecule has 1 unspecified atom stereocenters. The van der Waals surface area contributed by atoms with Crippen LogP contribution < -0.4 is 14.2 Å². The van der Waals surface area contributed by atoms with Crippen molar-refractivity contribution >= 4 is 17.6 Å². The van der Waals surface area contributed by atoms with Crippen LogP contribution in [0.15, 0.2) is 42.5 Å². The fourth-order valence-electron chi connectivity index (χ4n) is 3.83. The van der Waals surface area contributed by atoms with Gasteiger partial charge in [0.05, 0.1) is 17.2 Å². The van der Waals surface area contributed by atoms with E-state index in [2.05, 4.69) is 11.7 Å². The molecule has 17 heteroatoms. The summed E-state index contributed by atoms with van der Waals surface area (Å²) >= 11 is 5.67. The van der Waals surface area contributed by atoms with Crippen LogP contribution in [0.2, 0.25) is 5.02 Å². The summed E-state index contributed by atoms with van der Waals surface area (Å²) in [4.78, 5) is 12.4. The SMILES string of the molecule is CCCCCCCCCCOc1ccc(OC(=O)c2ccc(OC(F)C(F)(F)C(F)(F)C(F)(F)C(F)(F)C(F)(F)F)c(Cl)c2)cc1. The van der Waals surface area contributed by atoms with Crippen molar-refractivity contribution in [1.29, 1.82) is 0 Å². The molecule has 260 valence electrons. The van der Waals surface area contributed by atoms with Gasteiger partial charge in [-0.25, -0.2) is 4.79 Å². The Labute approximate surface area is 260 Å². The fraction of sp³-hybridized carbons (Fsp3) is 0.552. The first-order valence-corrected chi connectivity index (χ1v) is 14.2. The first kappa shape index (κ1) is 39.1. The topological polar surface area (TPSA) is 44.8 Å². The van der Waals surface area contributed by atoms with Crippen LogP contribution in [-0.2, 0) is 0 Å². The summed E-state index contributed by atoms with van der Waals surface area (Å²) in [5, 5.41) is -0.951. The number of alkyl halides is 12. The Morgan fingerprint density at radius 1 is 0.717 bits per heavy atom. The van der Waals surface area contributed by atoms with Crippen LogP contribution in [0.3, 0.4) is 0 Å². The molecule has 0 heterocycles. The van der Waals surface area contributed by atoms with Crippen LogP contribution in [0.5, 0.6) is 17.2 Å². The number of hydrogen-bond donors (Lipinski definition) is 0. The summed E-state index contributed by atoms with van der Waals surface area (Å²) < 4.78 is 173. The monoisotopic (exact) mass is 704 g/mol. The van der Waals surface area contributed by atoms with Crippen molar-refractivity contribution in [3.05, 3.63) is 53.1 Å². The van der Waals surface area contributed by atoms with Gasteiger partial charge in [0.1, 0.15) is 17.2 Å². The molecule has 0 aliphatic heterocycles. The number of carbonyl (C=O) groups excluding carboxylic acids is 1. The molecule has 2 aromatic rings. The fourth-order valence-corrected chi connectivity index (χ4v) is 4.06. The molecule has 0 saturated heterocycles. The molecule has 0 spiro atoms. The van der Waals surface area contributed by atoms with Gasteiger partial charge in [0, 0.05) is 0 Å². The molecule has 0 fully saturated rings. The quantitative estimate of drug-likeness (QED) is 0.0671. The summed E-state index contributed by atoms with van der Waals surface area (Å²) in [6.07, 6.45) is -3.39.